The molecule has 8 heteroatoms. The Morgan fingerprint density at radius 2 is 2.00 bits per heavy atom. The van der Waals surface area contributed by atoms with Crippen LogP contribution >= 0.6 is 0 Å². The van der Waals surface area contributed by atoms with E-state index in [4.69, 9.17) is 4.74 Å². The summed E-state index contributed by atoms with van der Waals surface area (Å²) in [5.74, 6) is 1.37. The van der Waals surface area contributed by atoms with Crippen LogP contribution in [0, 0.1) is 6.92 Å². The molecule has 1 aromatic carbocycles. The Kier molecular flexibility index (Phi) is 6.51. The average Bonchev–Trinajstić information content (AvgIpc) is 3.22. The topological polar surface area (TPSA) is 90.3 Å². The number of anilines is 1. The van der Waals surface area contributed by atoms with Gasteiger partial charge in [-0.25, -0.2) is 13.1 Å². The minimum Gasteiger partial charge on any atom is -0.483 e. The standard InChI is InChI=1S/C23H33N3O4S/c1-15(2)18-8-7-16(3)11-19(18)30-13-22(27)24-21-12-20(23(4,5)6)25-26(21)17-9-10-31(28,29)14-17/h7-8,11-12,15,17H,9-10,13-14H2,1-6H3,(H,24,27). The van der Waals surface area contributed by atoms with Crippen LogP contribution in [-0.2, 0) is 20.0 Å². The van der Waals surface area contributed by atoms with Crippen LogP contribution in [0.1, 0.15) is 69.8 Å². The number of carbonyl (C=O) groups is 1. The molecule has 1 atom stereocenters. The van der Waals surface area contributed by atoms with Gasteiger partial charge in [0.1, 0.15) is 11.6 Å². The van der Waals surface area contributed by atoms with E-state index in [0.29, 0.717) is 18.0 Å². The molecule has 0 spiro atoms. The van der Waals surface area contributed by atoms with Crippen LogP contribution < -0.4 is 10.1 Å². The first-order chi connectivity index (χ1) is 14.4. The third-order valence-corrected chi connectivity index (χ3v) is 7.23. The molecule has 1 N–H and O–H groups in total. The summed E-state index contributed by atoms with van der Waals surface area (Å²) in [6, 6.07) is 7.55. The van der Waals surface area contributed by atoms with Gasteiger partial charge in [-0.1, -0.05) is 46.8 Å². The molecule has 1 fully saturated rings. The van der Waals surface area contributed by atoms with E-state index in [1.165, 1.54) is 0 Å². The second kappa shape index (κ2) is 8.65. The zero-order valence-corrected chi connectivity index (χ0v) is 20.0. The summed E-state index contributed by atoms with van der Waals surface area (Å²) >= 11 is 0. The van der Waals surface area contributed by atoms with Crippen molar-refractivity contribution >= 4 is 21.6 Å². The van der Waals surface area contributed by atoms with Gasteiger partial charge in [0, 0.05) is 11.5 Å². The fourth-order valence-corrected chi connectivity index (χ4v) is 5.36. The van der Waals surface area contributed by atoms with Crippen LogP contribution in [-0.4, -0.2) is 42.2 Å². The van der Waals surface area contributed by atoms with Gasteiger partial charge in [0.15, 0.2) is 16.4 Å². The lowest BCUT2D eigenvalue weighted by Crippen LogP contribution is -2.24. The van der Waals surface area contributed by atoms with Crippen LogP contribution in [0.25, 0.3) is 0 Å². The van der Waals surface area contributed by atoms with Gasteiger partial charge in [-0.15, -0.1) is 0 Å². The van der Waals surface area contributed by atoms with Crippen molar-refractivity contribution in [1.29, 1.82) is 0 Å². The number of nitrogens with one attached hydrogen (secondary N) is 1. The van der Waals surface area contributed by atoms with Crippen molar-refractivity contribution in [1.82, 2.24) is 9.78 Å². The molecule has 7 nitrogen and oxygen atoms in total. The molecule has 0 radical (unpaired) electrons. The molecule has 0 bridgehead atoms. The number of aromatic nitrogens is 2. The SMILES string of the molecule is Cc1ccc(C(C)C)c(OCC(=O)Nc2cc(C(C)(C)C)nn2C2CCS(=O)(=O)C2)c1. The van der Waals surface area contributed by atoms with Crippen molar-refractivity contribution in [3.8, 4) is 5.75 Å². The predicted molar refractivity (Wildman–Crippen MR) is 123 cm³/mol. The molecular weight excluding hydrogens is 414 g/mol. The summed E-state index contributed by atoms with van der Waals surface area (Å²) in [5, 5.41) is 7.53. The van der Waals surface area contributed by atoms with Gasteiger partial charge in [-0.3, -0.25) is 4.79 Å². The van der Waals surface area contributed by atoms with E-state index in [9.17, 15) is 13.2 Å². The second-order valence-electron chi connectivity index (χ2n) is 9.70. The molecule has 31 heavy (non-hydrogen) atoms. The Hall–Kier alpha value is -2.35. The highest BCUT2D eigenvalue weighted by Crippen LogP contribution is 2.31. The smallest absolute Gasteiger partial charge is 0.263 e. The van der Waals surface area contributed by atoms with Crippen molar-refractivity contribution in [2.45, 2.75) is 65.3 Å². The fraction of sp³-hybridized carbons (Fsp3) is 0.565. The maximum absolute atomic E-state index is 12.7. The summed E-state index contributed by atoms with van der Waals surface area (Å²) in [5.41, 5.74) is 2.69. The Labute approximate surface area is 185 Å². The van der Waals surface area contributed by atoms with Crippen LogP contribution in [0.3, 0.4) is 0 Å². The maximum atomic E-state index is 12.7. The van der Waals surface area contributed by atoms with E-state index in [1.807, 2.05) is 52.0 Å². The van der Waals surface area contributed by atoms with Crippen molar-refractivity contribution in [2.24, 2.45) is 0 Å². The lowest BCUT2D eigenvalue weighted by Gasteiger charge is -2.16. The molecule has 0 aliphatic carbocycles. The predicted octanol–water partition coefficient (Wildman–Crippen LogP) is 3.99. The van der Waals surface area contributed by atoms with Gasteiger partial charge in [-0.2, -0.15) is 5.10 Å². The molecule has 0 saturated carbocycles. The highest BCUT2D eigenvalue weighted by molar-refractivity contribution is 7.91. The van der Waals surface area contributed by atoms with E-state index in [1.54, 1.807) is 4.68 Å². The minimum absolute atomic E-state index is 0.0404. The van der Waals surface area contributed by atoms with Crippen molar-refractivity contribution in [3.63, 3.8) is 0 Å². The summed E-state index contributed by atoms with van der Waals surface area (Å²) in [6.45, 7) is 12.1. The number of amides is 1. The first kappa shape index (κ1) is 23.3. The molecule has 1 aliphatic heterocycles. The van der Waals surface area contributed by atoms with E-state index in [-0.39, 0.29) is 41.4 Å². The van der Waals surface area contributed by atoms with Crippen LogP contribution in [0.5, 0.6) is 5.75 Å². The Morgan fingerprint density at radius 3 is 2.58 bits per heavy atom. The highest BCUT2D eigenvalue weighted by atomic mass is 32.2. The van der Waals surface area contributed by atoms with Gasteiger partial charge in [0.2, 0.25) is 0 Å². The average molecular weight is 448 g/mol. The minimum atomic E-state index is -3.08. The van der Waals surface area contributed by atoms with E-state index in [0.717, 1.165) is 16.8 Å². The molecule has 2 aromatic rings. The zero-order chi connectivity index (χ0) is 23.0. The monoisotopic (exact) mass is 447 g/mol. The van der Waals surface area contributed by atoms with Gasteiger partial charge < -0.3 is 10.1 Å². The summed E-state index contributed by atoms with van der Waals surface area (Å²) in [4.78, 5) is 12.7. The van der Waals surface area contributed by atoms with Crippen LogP contribution in [0.2, 0.25) is 0 Å². The van der Waals surface area contributed by atoms with Gasteiger partial charge in [-0.05, 0) is 36.5 Å². The third kappa shape index (κ3) is 5.67. The van der Waals surface area contributed by atoms with Gasteiger partial charge >= 0.3 is 0 Å². The number of benzene rings is 1. The second-order valence-corrected chi connectivity index (χ2v) is 11.9. The zero-order valence-electron chi connectivity index (χ0n) is 19.2. The Balaban J connectivity index is 1.78. The Morgan fingerprint density at radius 1 is 1.29 bits per heavy atom. The first-order valence-corrected chi connectivity index (χ1v) is 12.5. The number of sulfone groups is 1. The van der Waals surface area contributed by atoms with Crippen molar-refractivity contribution in [3.05, 3.63) is 41.1 Å². The largest absolute Gasteiger partial charge is 0.483 e. The quantitative estimate of drug-likeness (QED) is 0.723. The maximum Gasteiger partial charge on any atom is 0.263 e. The molecule has 1 aromatic heterocycles. The fourth-order valence-electron chi connectivity index (χ4n) is 3.67. The molecule has 170 valence electrons. The van der Waals surface area contributed by atoms with Crippen LogP contribution in [0.15, 0.2) is 24.3 Å². The number of ether oxygens (including phenoxy) is 1. The summed E-state index contributed by atoms with van der Waals surface area (Å²) < 4.78 is 31.5. The third-order valence-electron chi connectivity index (χ3n) is 5.48. The van der Waals surface area contributed by atoms with Gasteiger partial charge in [0.25, 0.3) is 5.91 Å². The first-order valence-electron chi connectivity index (χ1n) is 10.7. The highest BCUT2D eigenvalue weighted by Gasteiger charge is 2.33. The van der Waals surface area contributed by atoms with Crippen molar-refractivity contribution in [2.75, 3.05) is 23.4 Å². The lowest BCUT2D eigenvalue weighted by atomic mass is 9.92. The molecule has 1 unspecified atom stereocenters. The number of aryl methyl sites for hydroxylation is 1. The summed E-state index contributed by atoms with van der Waals surface area (Å²) in [6.07, 6.45) is 0.494. The molecule has 1 saturated heterocycles. The normalized spacial score (nSPS) is 18.4. The Bertz CT molecular complexity index is 1060. The van der Waals surface area contributed by atoms with Crippen molar-refractivity contribution < 1.29 is 17.9 Å². The number of carbonyl (C=O) groups excluding carboxylic acids is 1. The molecular formula is C23H33N3O4S. The molecule has 1 aliphatic rings. The molecule has 1 amide bonds. The number of nitrogens with zero attached hydrogens (tertiary/aromatic N) is 2. The molecule has 3 rings (SSSR count). The number of rotatable bonds is 6. The van der Waals surface area contributed by atoms with Crippen LogP contribution in [0.4, 0.5) is 5.82 Å². The lowest BCUT2D eigenvalue weighted by molar-refractivity contribution is -0.118. The van der Waals surface area contributed by atoms with Gasteiger partial charge in [0.05, 0.1) is 23.2 Å². The number of hydrogen-bond donors (Lipinski definition) is 1. The number of hydrogen-bond acceptors (Lipinski definition) is 5. The van der Waals surface area contributed by atoms with E-state index >= 15 is 0 Å². The van der Waals surface area contributed by atoms with E-state index in [2.05, 4.69) is 24.3 Å². The molecule has 2 heterocycles. The summed E-state index contributed by atoms with van der Waals surface area (Å²) in [7, 11) is -3.08. The van der Waals surface area contributed by atoms with E-state index < -0.39 is 9.84 Å².